The van der Waals surface area contributed by atoms with E-state index in [4.69, 9.17) is 0 Å². The van der Waals surface area contributed by atoms with Crippen LogP contribution < -0.4 is 5.32 Å². The van der Waals surface area contributed by atoms with Gasteiger partial charge in [-0.2, -0.15) is 0 Å². The predicted octanol–water partition coefficient (Wildman–Crippen LogP) is 3.85. The Morgan fingerprint density at radius 3 is 2.72 bits per heavy atom. The second-order valence-electron chi connectivity index (χ2n) is 5.06. The molecule has 0 saturated heterocycles. The van der Waals surface area contributed by atoms with Crippen molar-refractivity contribution in [3.8, 4) is 0 Å². The van der Waals surface area contributed by atoms with Crippen LogP contribution >= 0.6 is 0 Å². The minimum Gasteiger partial charge on any atom is -0.350 e. The number of nitrogens with zero attached hydrogens (tertiary/aromatic N) is 1. The van der Waals surface area contributed by atoms with Crippen molar-refractivity contribution in [3.05, 3.63) is 36.0 Å². The summed E-state index contributed by atoms with van der Waals surface area (Å²) in [6.45, 7) is 5.48. The third-order valence-corrected chi connectivity index (χ3v) is 3.69. The molecular weight excluding hydrogens is 220 g/mol. The van der Waals surface area contributed by atoms with Gasteiger partial charge in [-0.05, 0) is 24.5 Å². The topological polar surface area (TPSA) is 17.0 Å². The zero-order valence-electron chi connectivity index (χ0n) is 11.7. The van der Waals surface area contributed by atoms with E-state index in [2.05, 4.69) is 61.2 Å². The summed E-state index contributed by atoms with van der Waals surface area (Å²) in [5, 5.41) is 5.05. The van der Waals surface area contributed by atoms with Gasteiger partial charge in [0.2, 0.25) is 0 Å². The lowest BCUT2D eigenvalue weighted by molar-refractivity contribution is 0.463. The van der Waals surface area contributed by atoms with Crippen LogP contribution in [0.15, 0.2) is 30.5 Å². The molecule has 0 radical (unpaired) electrons. The fourth-order valence-corrected chi connectivity index (χ4v) is 2.62. The first-order chi connectivity index (χ1) is 8.76. The average molecular weight is 244 g/mol. The molecule has 1 unspecified atom stereocenters. The molecule has 2 rings (SSSR count). The predicted molar refractivity (Wildman–Crippen MR) is 78.7 cm³/mol. The van der Waals surface area contributed by atoms with Crippen molar-refractivity contribution in [1.29, 1.82) is 0 Å². The molecule has 0 spiro atoms. The van der Waals surface area contributed by atoms with Gasteiger partial charge in [0.25, 0.3) is 0 Å². The van der Waals surface area contributed by atoms with Gasteiger partial charge < -0.3 is 9.88 Å². The summed E-state index contributed by atoms with van der Waals surface area (Å²) >= 11 is 0. The quantitative estimate of drug-likeness (QED) is 0.816. The fraction of sp³-hybridized carbons (Fsp3) is 0.500. The van der Waals surface area contributed by atoms with Crippen molar-refractivity contribution in [1.82, 2.24) is 9.88 Å². The molecule has 0 aliphatic rings. The molecule has 2 nitrogen and oxygen atoms in total. The lowest BCUT2D eigenvalue weighted by atomic mass is 10.1. The van der Waals surface area contributed by atoms with Gasteiger partial charge in [-0.25, -0.2) is 0 Å². The first-order valence-electron chi connectivity index (χ1n) is 7.02. The van der Waals surface area contributed by atoms with E-state index in [0.717, 1.165) is 6.54 Å². The van der Waals surface area contributed by atoms with Gasteiger partial charge in [0.1, 0.15) is 0 Å². The molecule has 98 valence electrons. The Bertz CT molecular complexity index is 499. The highest BCUT2D eigenvalue weighted by molar-refractivity contribution is 5.83. The number of hydrogen-bond acceptors (Lipinski definition) is 1. The number of benzene rings is 1. The van der Waals surface area contributed by atoms with Gasteiger partial charge in [0.15, 0.2) is 0 Å². The maximum atomic E-state index is 3.68. The number of aryl methyl sites for hydroxylation is 1. The number of rotatable bonds is 6. The van der Waals surface area contributed by atoms with Crippen LogP contribution in [0.2, 0.25) is 0 Å². The molecule has 18 heavy (non-hydrogen) atoms. The van der Waals surface area contributed by atoms with Crippen LogP contribution in [0.5, 0.6) is 0 Å². The number of para-hydroxylation sites is 1. The van der Waals surface area contributed by atoms with Crippen LogP contribution in [0.25, 0.3) is 10.9 Å². The van der Waals surface area contributed by atoms with Crippen molar-refractivity contribution in [2.45, 2.75) is 45.7 Å². The highest BCUT2D eigenvalue weighted by Crippen LogP contribution is 2.20. The molecule has 0 fully saturated rings. The second-order valence-corrected chi connectivity index (χ2v) is 5.06. The molecule has 0 amide bonds. The molecule has 1 aromatic heterocycles. The summed E-state index contributed by atoms with van der Waals surface area (Å²) in [4.78, 5) is 0. The molecule has 1 atom stereocenters. The Hall–Kier alpha value is -1.28. The molecular formula is C16H24N2. The Kier molecular flexibility index (Phi) is 4.43. The summed E-state index contributed by atoms with van der Waals surface area (Å²) in [7, 11) is 2.12. The van der Waals surface area contributed by atoms with Crippen molar-refractivity contribution >= 4 is 10.9 Å². The van der Waals surface area contributed by atoms with Crippen LogP contribution in [-0.4, -0.2) is 10.6 Å². The van der Waals surface area contributed by atoms with Gasteiger partial charge in [0, 0.05) is 36.7 Å². The zero-order valence-corrected chi connectivity index (χ0v) is 11.7. The Morgan fingerprint density at radius 1 is 1.22 bits per heavy atom. The number of hydrogen-bond donors (Lipinski definition) is 1. The van der Waals surface area contributed by atoms with Crippen molar-refractivity contribution < 1.29 is 0 Å². The molecule has 2 heteroatoms. The number of nitrogens with one attached hydrogen (secondary N) is 1. The van der Waals surface area contributed by atoms with Crippen LogP contribution in [0.3, 0.4) is 0 Å². The third-order valence-electron chi connectivity index (χ3n) is 3.69. The molecule has 0 aliphatic heterocycles. The van der Waals surface area contributed by atoms with Crippen LogP contribution in [0.1, 0.15) is 38.7 Å². The number of fused-ring (bicyclic) bond motifs is 1. The molecule has 1 aromatic carbocycles. The van der Waals surface area contributed by atoms with Gasteiger partial charge in [-0.15, -0.1) is 0 Å². The van der Waals surface area contributed by atoms with E-state index in [1.165, 1.54) is 35.7 Å². The monoisotopic (exact) mass is 244 g/mol. The van der Waals surface area contributed by atoms with Gasteiger partial charge >= 0.3 is 0 Å². The first-order valence-corrected chi connectivity index (χ1v) is 7.02. The minimum absolute atomic E-state index is 0.647. The van der Waals surface area contributed by atoms with Crippen molar-refractivity contribution in [3.63, 3.8) is 0 Å². The van der Waals surface area contributed by atoms with E-state index in [0.29, 0.717) is 6.04 Å². The standard InChI is InChI=1S/C16H24N2/c1-4-8-14(5-2)17-11-13-12-18(3)16-10-7-6-9-15(13)16/h6-7,9-10,12,14,17H,4-5,8,11H2,1-3H3. The largest absolute Gasteiger partial charge is 0.350 e. The fourth-order valence-electron chi connectivity index (χ4n) is 2.62. The second kappa shape index (κ2) is 6.05. The van der Waals surface area contributed by atoms with E-state index in [1.54, 1.807) is 0 Å². The van der Waals surface area contributed by atoms with E-state index in [9.17, 15) is 0 Å². The van der Waals surface area contributed by atoms with Crippen LogP contribution in [-0.2, 0) is 13.6 Å². The summed E-state index contributed by atoms with van der Waals surface area (Å²) in [6.07, 6.45) is 5.97. The maximum absolute atomic E-state index is 3.68. The molecule has 0 saturated carbocycles. The highest BCUT2D eigenvalue weighted by Gasteiger charge is 2.08. The minimum atomic E-state index is 0.647. The molecule has 0 aliphatic carbocycles. The van der Waals surface area contributed by atoms with E-state index in [-0.39, 0.29) is 0 Å². The van der Waals surface area contributed by atoms with Crippen LogP contribution in [0.4, 0.5) is 0 Å². The van der Waals surface area contributed by atoms with Gasteiger partial charge in [-0.3, -0.25) is 0 Å². The van der Waals surface area contributed by atoms with Gasteiger partial charge in [0.05, 0.1) is 0 Å². The molecule has 0 bridgehead atoms. The zero-order chi connectivity index (χ0) is 13.0. The van der Waals surface area contributed by atoms with Crippen molar-refractivity contribution in [2.75, 3.05) is 0 Å². The summed E-state index contributed by atoms with van der Waals surface area (Å²) in [5.74, 6) is 0. The van der Waals surface area contributed by atoms with Crippen LogP contribution in [0, 0.1) is 0 Å². The summed E-state index contributed by atoms with van der Waals surface area (Å²) in [5.41, 5.74) is 2.72. The Morgan fingerprint density at radius 2 is 2.00 bits per heavy atom. The number of aromatic nitrogens is 1. The Labute approximate surface area is 110 Å². The molecule has 2 aromatic rings. The van der Waals surface area contributed by atoms with E-state index < -0.39 is 0 Å². The molecule has 1 heterocycles. The smallest absolute Gasteiger partial charge is 0.0481 e. The van der Waals surface area contributed by atoms with Crippen molar-refractivity contribution in [2.24, 2.45) is 7.05 Å². The van der Waals surface area contributed by atoms with Gasteiger partial charge in [-0.1, -0.05) is 38.5 Å². The SMILES string of the molecule is CCCC(CC)NCc1cn(C)c2ccccc12. The third kappa shape index (κ3) is 2.75. The summed E-state index contributed by atoms with van der Waals surface area (Å²) < 4.78 is 2.22. The van der Waals surface area contributed by atoms with E-state index >= 15 is 0 Å². The van der Waals surface area contributed by atoms with E-state index in [1.807, 2.05) is 0 Å². The Balaban J connectivity index is 2.12. The average Bonchev–Trinajstić information content (AvgIpc) is 2.72. The lowest BCUT2D eigenvalue weighted by Gasteiger charge is -2.15. The normalized spacial score (nSPS) is 13.1. The molecule has 1 N–H and O–H groups in total. The highest BCUT2D eigenvalue weighted by atomic mass is 14.9. The maximum Gasteiger partial charge on any atom is 0.0481 e. The first kappa shape index (κ1) is 13.2. The summed E-state index contributed by atoms with van der Waals surface area (Å²) in [6, 6.07) is 9.27. The lowest BCUT2D eigenvalue weighted by Crippen LogP contribution is -2.27.